The van der Waals surface area contributed by atoms with Crippen molar-refractivity contribution in [2.24, 2.45) is 0 Å². The molecule has 4 rings (SSSR count). The molecular formula is C18H16N2O5. The average Bonchev–Trinajstić information content (AvgIpc) is 3.29. The standard InChI is InChI=1S/C18H16N2O5/c21-18(13-2-1-3-15(8-13)20(22)23)19-7-6-14(10-19)12-4-5-16-17(9-12)25-11-24-16/h1-5,8-9,14H,6-7,10-11H2. The second-order valence-electron chi connectivity index (χ2n) is 6.16. The number of benzene rings is 2. The van der Waals surface area contributed by atoms with E-state index in [0.717, 1.165) is 23.5 Å². The Bertz CT molecular complexity index is 851. The maximum atomic E-state index is 12.6. The van der Waals surface area contributed by atoms with Crippen LogP contribution in [0.4, 0.5) is 5.69 Å². The number of likely N-dealkylation sites (tertiary alicyclic amines) is 1. The number of non-ortho nitro benzene ring substituents is 1. The molecule has 7 nitrogen and oxygen atoms in total. The summed E-state index contributed by atoms with van der Waals surface area (Å²) in [6.07, 6.45) is 0.848. The van der Waals surface area contributed by atoms with Crippen molar-refractivity contribution in [2.75, 3.05) is 19.9 Å². The summed E-state index contributed by atoms with van der Waals surface area (Å²) < 4.78 is 10.7. The first-order valence-electron chi connectivity index (χ1n) is 8.05. The van der Waals surface area contributed by atoms with Crippen LogP contribution in [-0.2, 0) is 0 Å². The van der Waals surface area contributed by atoms with E-state index in [1.807, 2.05) is 18.2 Å². The summed E-state index contributed by atoms with van der Waals surface area (Å²) in [6.45, 7) is 1.45. The highest BCUT2D eigenvalue weighted by molar-refractivity contribution is 5.95. The summed E-state index contributed by atoms with van der Waals surface area (Å²) in [4.78, 5) is 24.8. The summed E-state index contributed by atoms with van der Waals surface area (Å²) in [5.74, 6) is 1.52. The van der Waals surface area contributed by atoms with Gasteiger partial charge in [-0.05, 0) is 30.2 Å². The van der Waals surface area contributed by atoms with Crippen molar-refractivity contribution in [1.29, 1.82) is 0 Å². The van der Waals surface area contributed by atoms with Crippen LogP contribution in [0.25, 0.3) is 0 Å². The molecule has 1 fully saturated rings. The molecule has 1 atom stereocenters. The molecule has 0 N–H and O–H groups in total. The van der Waals surface area contributed by atoms with Crippen LogP contribution in [0.15, 0.2) is 42.5 Å². The largest absolute Gasteiger partial charge is 0.454 e. The Kier molecular flexibility index (Phi) is 3.76. The van der Waals surface area contributed by atoms with E-state index in [4.69, 9.17) is 9.47 Å². The Morgan fingerprint density at radius 1 is 1.16 bits per heavy atom. The van der Waals surface area contributed by atoms with Crippen LogP contribution in [0.5, 0.6) is 11.5 Å². The molecular weight excluding hydrogens is 324 g/mol. The Hall–Kier alpha value is -3.09. The third-order valence-electron chi connectivity index (χ3n) is 4.65. The second kappa shape index (κ2) is 6.08. The van der Waals surface area contributed by atoms with E-state index in [2.05, 4.69) is 0 Å². The van der Waals surface area contributed by atoms with Crippen LogP contribution < -0.4 is 9.47 Å². The monoisotopic (exact) mass is 340 g/mol. The van der Waals surface area contributed by atoms with Gasteiger partial charge in [0.25, 0.3) is 11.6 Å². The van der Waals surface area contributed by atoms with Gasteiger partial charge in [-0.25, -0.2) is 0 Å². The van der Waals surface area contributed by atoms with E-state index < -0.39 is 4.92 Å². The van der Waals surface area contributed by atoms with E-state index in [0.29, 0.717) is 18.7 Å². The van der Waals surface area contributed by atoms with Gasteiger partial charge in [0.1, 0.15) is 0 Å². The van der Waals surface area contributed by atoms with Gasteiger partial charge < -0.3 is 14.4 Å². The number of amides is 1. The summed E-state index contributed by atoms with van der Waals surface area (Å²) in [6, 6.07) is 11.7. The first-order chi connectivity index (χ1) is 12.1. The zero-order chi connectivity index (χ0) is 17.4. The molecule has 7 heteroatoms. The number of ether oxygens (including phenoxy) is 2. The molecule has 0 aliphatic carbocycles. The number of fused-ring (bicyclic) bond motifs is 1. The predicted octanol–water partition coefficient (Wildman–Crippen LogP) is 2.95. The fourth-order valence-corrected chi connectivity index (χ4v) is 3.32. The lowest BCUT2D eigenvalue weighted by Gasteiger charge is -2.17. The smallest absolute Gasteiger partial charge is 0.270 e. The molecule has 0 radical (unpaired) electrons. The normalized spacial score (nSPS) is 18.4. The minimum Gasteiger partial charge on any atom is -0.454 e. The third kappa shape index (κ3) is 2.88. The van der Waals surface area contributed by atoms with Crippen LogP contribution in [0.3, 0.4) is 0 Å². The van der Waals surface area contributed by atoms with Crippen LogP contribution in [0, 0.1) is 10.1 Å². The van der Waals surface area contributed by atoms with Gasteiger partial charge in [-0.2, -0.15) is 0 Å². The first kappa shape index (κ1) is 15.4. The van der Waals surface area contributed by atoms with E-state index in [1.54, 1.807) is 11.0 Å². The van der Waals surface area contributed by atoms with Crippen molar-refractivity contribution in [2.45, 2.75) is 12.3 Å². The Balaban J connectivity index is 1.49. The van der Waals surface area contributed by atoms with Gasteiger partial charge >= 0.3 is 0 Å². The lowest BCUT2D eigenvalue weighted by molar-refractivity contribution is -0.384. The molecule has 25 heavy (non-hydrogen) atoms. The number of carbonyl (C=O) groups excluding carboxylic acids is 1. The van der Waals surface area contributed by atoms with Crippen LogP contribution in [-0.4, -0.2) is 35.6 Å². The van der Waals surface area contributed by atoms with Crippen molar-refractivity contribution in [3.63, 3.8) is 0 Å². The molecule has 0 saturated carbocycles. The highest BCUT2D eigenvalue weighted by Gasteiger charge is 2.29. The fourth-order valence-electron chi connectivity index (χ4n) is 3.32. The molecule has 0 spiro atoms. The molecule has 1 amide bonds. The van der Waals surface area contributed by atoms with E-state index in [1.165, 1.54) is 18.2 Å². The highest BCUT2D eigenvalue weighted by atomic mass is 16.7. The summed E-state index contributed by atoms with van der Waals surface area (Å²) in [5.41, 5.74) is 1.39. The van der Waals surface area contributed by atoms with Crippen molar-refractivity contribution in [3.8, 4) is 11.5 Å². The minimum atomic E-state index is -0.490. The average molecular weight is 340 g/mol. The lowest BCUT2D eigenvalue weighted by atomic mass is 9.98. The molecule has 128 valence electrons. The van der Waals surface area contributed by atoms with Crippen molar-refractivity contribution >= 4 is 11.6 Å². The predicted molar refractivity (Wildman–Crippen MR) is 88.9 cm³/mol. The topological polar surface area (TPSA) is 81.9 Å². The van der Waals surface area contributed by atoms with Crippen LogP contribution in [0.1, 0.15) is 28.3 Å². The molecule has 2 heterocycles. The van der Waals surface area contributed by atoms with Crippen molar-refractivity contribution in [1.82, 2.24) is 4.90 Å². The zero-order valence-corrected chi connectivity index (χ0v) is 13.4. The van der Waals surface area contributed by atoms with Gasteiger partial charge in [0.2, 0.25) is 6.79 Å². The number of nitro benzene ring substituents is 1. The Morgan fingerprint density at radius 3 is 2.84 bits per heavy atom. The van der Waals surface area contributed by atoms with E-state index in [-0.39, 0.29) is 24.3 Å². The quantitative estimate of drug-likeness (QED) is 0.634. The maximum absolute atomic E-state index is 12.6. The molecule has 1 unspecified atom stereocenters. The van der Waals surface area contributed by atoms with Gasteiger partial charge in [0.05, 0.1) is 4.92 Å². The number of nitro groups is 1. The zero-order valence-electron chi connectivity index (χ0n) is 13.4. The second-order valence-corrected chi connectivity index (χ2v) is 6.16. The number of hydrogen-bond acceptors (Lipinski definition) is 5. The van der Waals surface area contributed by atoms with Gasteiger partial charge in [0, 0.05) is 36.7 Å². The summed E-state index contributed by atoms with van der Waals surface area (Å²) >= 11 is 0. The lowest BCUT2D eigenvalue weighted by Crippen LogP contribution is -2.28. The van der Waals surface area contributed by atoms with Gasteiger partial charge in [-0.15, -0.1) is 0 Å². The van der Waals surface area contributed by atoms with Crippen LogP contribution >= 0.6 is 0 Å². The highest BCUT2D eigenvalue weighted by Crippen LogP contribution is 2.37. The molecule has 0 aromatic heterocycles. The number of rotatable bonds is 3. The van der Waals surface area contributed by atoms with E-state index >= 15 is 0 Å². The van der Waals surface area contributed by atoms with Gasteiger partial charge in [-0.3, -0.25) is 14.9 Å². The summed E-state index contributed by atoms with van der Waals surface area (Å²) in [5, 5.41) is 10.9. The van der Waals surface area contributed by atoms with E-state index in [9.17, 15) is 14.9 Å². The Labute approximate surface area is 143 Å². The van der Waals surface area contributed by atoms with Gasteiger partial charge in [0.15, 0.2) is 11.5 Å². The van der Waals surface area contributed by atoms with Crippen LogP contribution in [0.2, 0.25) is 0 Å². The van der Waals surface area contributed by atoms with Gasteiger partial charge in [-0.1, -0.05) is 12.1 Å². The first-order valence-corrected chi connectivity index (χ1v) is 8.05. The minimum absolute atomic E-state index is 0.0719. The SMILES string of the molecule is O=C(c1cccc([N+](=O)[O-])c1)N1CCC(c2ccc3c(c2)OCO3)C1. The molecule has 2 aliphatic heterocycles. The van der Waals surface area contributed by atoms with Crippen molar-refractivity contribution in [3.05, 3.63) is 63.7 Å². The third-order valence-corrected chi connectivity index (χ3v) is 4.65. The molecule has 1 saturated heterocycles. The summed E-state index contributed by atoms with van der Waals surface area (Å²) in [7, 11) is 0. The molecule has 2 aliphatic rings. The molecule has 2 aromatic rings. The number of hydrogen-bond donors (Lipinski definition) is 0. The number of carbonyl (C=O) groups is 1. The molecule has 2 aromatic carbocycles. The molecule has 0 bridgehead atoms. The van der Waals surface area contributed by atoms with Crippen molar-refractivity contribution < 1.29 is 19.2 Å². The Morgan fingerprint density at radius 2 is 2.00 bits per heavy atom. The number of nitrogens with zero attached hydrogens (tertiary/aromatic N) is 2. The fraction of sp³-hybridized carbons (Fsp3) is 0.278. The maximum Gasteiger partial charge on any atom is 0.270 e.